The maximum absolute atomic E-state index is 13.4. The van der Waals surface area contributed by atoms with Gasteiger partial charge < -0.3 is 9.73 Å². The minimum atomic E-state index is -0.275. The number of ketones is 1. The first-order valence-corrected chi connectivity index (χ1v) is 11.2. The third kappa shape index (κ3) is 3.99. The summed E-state index contributed by atoms with van der Waals surface area (Å²) in [7, 11) is 0. The molecule has 1 unspecified atom stereocenters. The number of carbonyl (C=O) groups is 1. The Bertz CT molecular complexity index is 1600. The number of fused-ring (bicyclic) bond motifs is 3. The van der Waals surface area contributed by atoms with Gasteiger partial charge in [-0.1, -0.05) is 48.0 Å². The number of carbonyl (C=O) groups excluding carboxylic acids is 1. The Morgan fingerprint density at radius 1 is 1.03 bits per heavy atom. The lowest BCUT2D eigenvalue weighted by atomic mass is 10.0. The van der Waals surface area contributed by atoms with Crippen molar-refractivity contribution in [2.24, 2.45) is 0 Å². The highest BCUT2D eigenvalue weighted by molar-refractivity contribution is 6.05. The summed E-state index contributed by atoms with van der Waals surface area (Å²) in [4.78, 5) is 29.9. The number of hydrogen-bond acceptors (Lipinski definition) is 5. The summed E-state index contributed by atoms with van der Waals surface area (Å²) >= 11 is 0. The minimum Gasteiger partial charge on any atom is -0.456 e. The van der Waals surface area contributed by atoms with Crippen LogP contribution in [-0.4, -0.2) is 15.3 Å². The Hall–Kier alpha value is -4.19. The standard InChI is InChI=1S/C28H25N3O3/c1-17-7-6-8-21(13-17)27-29-15-24(28(33)31(27)16-18(2)32)30-19(3)20-11-12-26-23(14-20)22-9-4-5-10-25(22)34-26/h4-15,19,30H,16H2,1-3H3. The van der Waals surface area contributed by atoms with Crippen LogP contribution in [0.25, 0.3) is 33.3 Å². The number of anilines is 1. The van der Waals surface area contributed by atoms with Crippen LogP contribution in [-0.2, 0) is 11.3 Å². The Kier molecular flexibility index (Phi) is 5.49. The van der Waals surface area contributed by atoms with Crippen molar-refractivity contribution in [3.05, 3.63) is 94.4 Å². The zero-order chi connectivity index (χ0) is 23.8. The predicted octanol–water partition coefficient (Wildman–Crippen LogP) is 5.88. The number of benzene rings is 3. The lowest BCUT2D eigenvalue weighted by Crippen LogP contribution is -2.29. The van der Waals surface area contributed by atoms with Gasteiger partial charge in [0.25, 0.3) is 5.56 Å². The Balaban J connectivity index is 1.52. The van der Waals surface area contributed by atoms with E-state index in [1.54, 1.807) is 6.20 Å². The predicted molar refractivity (Wildman–Crippen MR) is 135 cm³/mol. The normalized spacial score (nSPS) is 12.2. The van der Waals surface area contributed by atoms with Crippen molar-refractivity contribution in [1.29, 1.82) is 0 Å². The number of Topliss-reactive ketones (excluding diaryl/α,β-unsaturated/α-hetero) is 1. The van der Waals surface area contributed by atoms with Gasteiger partial charge in [-0.3, -0.25) is 14.2 Å². The second kappa shape index (κ2) is 8.63. The first kappa shape index (κ1) is 21.6. The molecule has 0 saturated carbocycles. The molecule has 0 aliphatic carbocycles. The number of aromatic nitrogens is 2. The van der Waals surface area contributed by atoms with Crippen LogP contribution in [0.15, 0.2) is 82.1 Å². The minimum absolute atomic E-state index is 0.0357. The maximum Gasteiger partial charge on any atom is 0.277 e. The van der Waals surface area contributed by atoms with E-state index in [0.29, 0.717) is 11.5 Å². The maximum atomic E-state index is 13.4. The number of rotatable bonds is 6. The van der Waals surface area contributed by atoms with Crippen molar-refractivity contribution in [3.8, 4) is 11.4 Å². The van der Waals surface area contributed by atoms with Gasteiger partial charge in [0.15, 0.2) is 0 Å². The quantitative estimate of drug-likeness (QED) is 0.349. The lowest BCUT2D eigenvalue weighted by Gasteiger charge is -2.18. The van der Waals surface area contributed by atoms with Gasteiger partial charge in [-0.05, 0) is 50.6 Å². The van der Waals surface area contributed by atoms with Crippen LogP contribution in [0.2, 0.25) is 0 Å². The van der Waals surface area contributed by atoms with E-state index in [9.17, 15) is 9.59 Å². The fourth-order valence-electron chi connectivity index (χ4n) is 4.30. The number of hydrogen-bond donors (Lipinski definition) is 1. The molecular weight excluding hydrogens is 426 g/mol. The van der Waals surface area contributed by atoms with Crippen LogP contribution in [0, 0.1) is 6.92 Å². The first-order valence-electron chi connectivity index (χ1n) is 11.2. The van der Waals surface area contributed by atoms with Crippen molar-refractivity contribution in [2.45, 2.75) is 33.4 Å². The summed E-state index contributed by atoms with van der Waals surface area (Å²) in [5, 5.41) is 5.38. The van der Waals surface area contributed by atoms with Gasteiger partial charge in [-0.2, -0.15) is 0 Å². The van der Waals surface area contributed by atoms with Crippen LogP contribution in [0.5, 0.6) is 0 Å². The van der Waals surface area contributed by atoms with Crippen LogP contribution < -0.4 is 10.9 Å². The molecule has 0 aliphatic rings. The highest BCUT2D eigenvalue weighted by Gasteiger charge is 2.17. The molecule has 6 heteroatoms. The highest BCUT2D eigenvalue weighted by atomic mass is 16.3. The number of nitrogens with one attached hydrogen (secondary N) is 1. The second-order valence-corrected chi connectivity index (χ2v) is 8.68. The summed E-state index contributed by atoms with van der Waals surface area (Å²) in [6, 6.07) is 21.6. The first-order chi connectivity index (χ1) is 16.4. The molecule has 0 bridgehead atoms. The fourth-order valence-corrected chi connectivity index (χ4v) is 4.30. The number of aryl methyl sites for hydroxylation is 1. The summed E-state index contributed by atoms with van der Waals surface area (Å²) in [6.07, 6.45) is 1.55. The van der Waals surface area contributed by atoms with Gasteiger partial charge in [-0.25, -0.2) is 4.98 Å². The van der Waals surface area contributed by atoms with E-state index in [2.05, 4.69) is 16.4 Å². The van der Waals surface area contributed by atoms with Crippen molar-refractivity contribution in [1.82, 2.24) is 9.55 Å². The molecule has 6 nitrogen and oxygen atoms in total. The zero-order valence-electron chi connectivity index (χ0n) is 19.3. The van der Waals surface area contributed by atoms with Gasteiger partial charge in [0.2, 0.25) is 0 Å². The summed E-state index contributed by atoms with van der Waals surface area (Å²) in [5.41, 5.74) is 4.61. The van der Waals surface area contributed by atoms with Gasteiger partial charge >= 0.3 is 0 Å². The van der Waals surface area contributed by atoms with E-state index >= 15 is 0 Å². The monoisotopic (exact) mass is 451 g/mol. The van der Waals surface area contributed by atoms with Gasteiger partial charge in [-0.15, -0.1) is 0 Å². The van der Waals surface area contributed by atoms with E-state index in [1.165, 1.54) is 11.5 Å². The SMILES string of the molecule is CC(=O)Cn1c(-c2cccc(C)c2)ncc(NC(C)c2ccc3oc4ccccc4c3c2)c1=O. The number of furan rings is 1. The lowest BCUT2D eigenvalue weighted by molar-refractivity contribution is -0.117. The van der Waals surface area contributed by atoms with E-state index in [0.717, 1.165) is 38.6 Å². The number of para-hydroxylation sites is 1. The molecule has 0 saturated heterocycles. The molecule has 1 atom stereocenters. The van der Waals surface area contributed by atoms with E-state index < -0.39 is 0 Å². The van der Waals surface area contributed by atoms with Crippen LogP contribution >= 0.6 is 0 Å². The third-order valence-corrected chi connectivity index (χ3v) is 5.98. The van der Waals surface area contributed by atoms with Crippen molar-refractivity contribution >= 4 is 33.4 Å². The van der Waals surface area contributed by atoms with Crippen LogP contribution in [0.4, 0.5) is 5.69 Å². The van der Waals surface area contributed by atoms with Crippen molar-refractivity contribution in [2.75, 3.05) is 5.32 Å². The van der Waals surface area contributed by atoms with Gasteiger partial charge in [0, 0.05) is 22.4 Å². The molecule has 5 rings (SSSR count). The molecule has 2 heterocycles. The van der Waals surface area contributed by atoms with Crippen LogP contribution in [0.1, 0.15) is 31.0 Å². The fraction of sp³-hybridized carbons (Fsp3) is 0.179. The Labute approximate surface area is 196 Å². The molecule has 34 heavy (non-hydrogen) atoms. The topological polar surface area (TPSA) is 77.1 Å². The molecule has 2 aromatic heterocycles. The summed E-state index contributed by atoms with van der Waals surface area (Å²) in [6.45, 7) is 5.41. The molecule has 0 aliphatic heterocycles. The molecule has 0 radical (unpaired) electrons. The molecule has 170 valence electrons. The third-order valence-electron chi connectivity index (χ3n) is 5.98. The van der Waals surface area contributed by atoms with Crippen molar-refractivity contribution < 1.29 is 9.21 Å². The Morgan fingerprint density at radius 3 is 2.62 bits per heavy atom. The second-order valence-electron chi connectivity index (χ2n) is 8.68. The van der Waals surface area contributed by atoms with E-state index in [-0.39, 0.29) is 23.9 Å². The van der Waals surface area contributed by atoms with E-state index in [1.807, 2.05) is 74.5 Å². The van der Waals surface area contributed by atoms with E-state index in [4.69, 9.17) is 4.42 Å². The Morgan fingerprint density at radius 2 is 1.82 bits per heavy atom. The van der Waals surface area contributed by atoms with Crippen LogP contribution in [0.3, 0.4) is 0 Å². The molecular formula is C28H25N3O3. The van der Waals surface area contributed by atoms with Gasteiger partial charge in [0.05, 0.1) is 12.7 Å². The largest absolute Gasteiger partial charge is 0.456 e. The number of nitrogens with zero attached hydrogens (tertiary/aromatic N) is 2. The summed E-state index contributed by atoms with van der Waals surface area (Å²) < 4.78 is 7.37. The van der Waals surface area contributed by atoms with Gasteiger partial charge in [0.1, 0.15) is 28.5 Å². The molecule has 0 amide bonds. The molecule has 3 aromatic carbocycles. The average molecular weight is 452 g/mol. The molecule has 0 fully saturated rings. The summed E-state index contributed by atoms with van der Waals surface area (Å²) in [5.74, 6) is 0.369. The molecule has 5 aromatic rings. The smallest absolute Gasteiger partial charge is 0.277 e. The average Bonchev–Trinajstić information content (AvgIpc) is 3.19. The molecule has 0 spiro atoms. The zero-order valence-corrected chi connectivity index (χ0v) is 19.3. The highest BCUT2D eigenvalue weighted by Crippen LogP contribution is 2.31. The van der Waals surface area contributed by atoms with Crippen molar-refractivity contribution in [3.63, 3.8) is 0 Å². The molecule has 1 N–H and O–H groups in total.